The fourth-order valence-corrected chi connectivity index (χ4v) is 7.81. The predicted octanol–water partition coefficient (Wildman–Crippen LogP) is 8.14. The van der Waals surface area contributed by atoms with Gasteiger partial charge in [-0.3, -0.25) is 9.59 Å². The van der Waals surface area contributed by atoms with Gasteiger partial charge >= 0.3 is 0 Å². The molecule has 0 saturated heterocycles. The van der Waals surface area contributed by atoms with Gasteiger partial charge in [0.15, 0.2) is 25.5 Å². The largest absolute Gasteiger partial charge is 0.420 e. The quantitative estimate of drug-likeness (QED) is 0.0717. The number of benzene rings is 4. The number of aliphatic hydroxyl groups is 2. The molecular weight excluding hydrogens is 878 g/mol. The number of ketones is 1. The molecule has 14 nitrogen and oxygen atoms in total. The molecule has 0 aliphatic heterocycles. The van der Waals surface area contributed by atoms with E-state index in [0.717, 1.165) is 29.2 Å². The molecule has 0 spiro atoms. The summed E-state index contributed by atoms with van der Waals surface area (Å²) in [5, 5.41) is 31.8. The standard InChI is InChI=1S/C22H23ClN2O5S.C21H20ClN3O4S.CH4/c1-13-16(7-10-19(24-3)21(13)23)11-18(14(2)26)22(28)25-12-20(27)15-5-8-17(9-6-15)31(4,29)30;1-12-15(7-10-18(23-3)19(12)22)11-17(13(2)26)21-25-24-20(29-21)14-5-8-16(9-6-14)30(4,27)28;/h5-10,14,18,26H,11-12H2,1-2,4H3,(H,25,28);5-10,13,17,26H,11H2,1-2,4H3;1H4/t14-,18+;13-,17+;/m00./s1. The van der Waals surface area contributed by atoms with Crippen LogP contribution in [0.25, 0.3) is 21.1 Å². The highest BCUT2D eigenvalue weighted by Crippen LogP contribution is 2.35. The van der Waals surface area contributed by atoms with E-state index in [-0.39, 0.29) is 47.5 Å². The van der Waals surface area contributed by atoms with Crippen LogP contribution in [0.1, 0.15) is 65.7 Å². The number of aromatic nitrogens is 2. The van der Waals surface area contributed by atoms with Crippen molar-refractivity contribution in [1.82, 2.24) is 15.5 Å². The minimum absolute atomic E-state index is 0. The van der Waals surface area contributed by atoms with Crippen LogP contribution in [0.4, 0.5) is 11.4 Å². The van der Waals surface area contributed by atoms with Crippen molar-refractivity contribution in [3.05, 3.63) is 139 Å². The van der Waals surface area contributed by atoms with Gasteiger partial charge in [-0.25, -0.2) is 26.5 Å². The summed E-state index contributed by atoms with van der Waals surface area (Å²) in [6, 6.07) is 18.3. The number of sulfone groups is 2. The van der Waals surface area contributed by atoms with Crippen LogP contribution in [0.3, 0.4) is 0 Å². The molecule has 18 heteroatoms. The number of rotatable bonds is 14. The van der Waals surface area contributed by atoms with E-state index in [9.17, 15) is 36.6 Å². The summed E-state index contributed by atoms with van der Waals surface area (Å²) >= 11 is 12.5. The first-order valence-electron chi connectivity index (χ1n) is 18.5. The maximum atomic E-state index is 12.6. The molecule has 62 heavy (non-hydrogen) atoms. The highest BCUT2D eigenvalue weighted by Gasteiger charge is 2.27. The number of Topliss-reactive ketones (excluding diaryl/α,β-unsaturated/α-hetero) is 1. The highest BCUT2D eigenvalue weighted by atomic mass is 35.5. The molecular formula is C44H47Cl2N5O9S2. The Balaban J connectivity index is 0.000000325. The van der Waals surface area contributed by atoms with E-state index < -0.39 is 55.4 Å². The average molecular weight is 925 g/mol. The summed E-state index contributed by atoms with van der Waals surface area (Å²) in [7, 11) is -6.66. The molecule has 0 bridgehead atoms. The molecule has 328 valence electrons. The number of nitrogens with one attached hydrogen (secondary N) is 1. The molecule has 5 rings (SSSR count). The third-order valence-corrected chi connectivity index (χ3v) is 13.1. The first-order valence-corrected chi connectivity index (χ1v) is 23.0. The molecule has 0 unspecified atom stereocenters. The number of aliphatic hydroxyl groups excluding tert-OH is 2. The Morgan fingerprint density at radius 2 is 1.21 bits per heavy atom. The van der Waals surface area contributed by atoms with E-state index in [1.807, 2.05) is 13.0 Å². The lowest BCUT2D eigenvalue weighted by Gasteiger charge is -2.21. The SMILES string of the molecule is C.[C-]#[N+]c1ccc(C[C@@H](C(=O)NCC(=O)c2ccc(S(C)(=O)=O)cc2)[C@H](C)O)c(C)c1Cl.[C-]#[N+]c1ccc(C[C@@H](c2nnc(-c3ccc(S(C)(=O)=O)cc3)o2)[C@H](C)O)c(C)c1Cl. The fourth-order valence-electron chi connectivity index (χ4n) is 6.09. The molecule has 1 heterocycles. The summed E-state index contributed by atoms with van der Waals surface area (Å²) in [6.45, 7) is 20.7. The average Bonchev–Trinajstić information content (AvgIpc) is 3.70. The van der Waals surface area contributed by atoms with E-state index in [1.54, 1.807) is 44.2 Å². The summed E-state index contributed by atoms with van der Waals surface area (Å²) in [4.78, 5) is 32.0. The maximum Gasteiger partial charge on any atom is 0.247 e. The zero-order valence-electron chi connectivity index (χ0n) is 34.0. The van der Waals surface area contributed by atoms with Crippen molar-refractivity contribution in [2.75, 3.05) is 19.1 Å². The first-order chi connectivity index (χ1) is 28.6. The Hall–Kier alpha value is -5.46. The van der Waals surface area contributed by atoms with E-state index >= 15 is 0 Å². The summed E-state index contributed by atoms with van der Waals surface area (Å²) < 4.78 is 52.0. The topological polar surface area (TPSA) is 203 Å². The minimum atomic E-state index is -3.37. The zero-order chi connectivity index (χ0) is 45.4. The summed E-state index contributed by atoms with van der Waals surface area (Å²) in [5.41, 5.74) is 4.56. The third-order valence-electron chi connectivity index (χ3n) is 9.89. The van der Waals surface area contributed by atoms with Gasteiger partial charge in [0.1, 0.15) is 0 Å². The van der Waals surface area contributed by atoms with Crippen molar-refractivity contribution >= 4 is 65.9 Å². The zero-order valence-corrected chi connectivity index (χ0v) is 37.1. The van der Waals surface area contributed by atoms with E-state index in [1.165, 1.54) is 43.3 Å². The molecule has 4 aromatic carbocycles. The van der Waals surface area contributed by atoms with Gasteiger partial charge in [0.2, 0.25) is 29.1 Å². The number of carbonyl (C=O) groups excluding carboxylic acids is 2. The Morgan fingerprint density at radius 1 is 0.742 bits per heavy atom. The van der Waals surface area contributed by atoms with Crippen molar-refractivity contribution < 1.29 is 41.1 Å². The molecule has 0 radical (unpaired) electrons. The second-order valence-electron chi connectivity index (χ2n) is 14.4. The first kappa shape index (κ1) is 50.9. The van der Waals surface area contributed by atoms with Gasteiger partial charge < -0.3 is 19.9 Å². The molecule has 0 fully saturated rings. The number of hydrogen-bond acceptors (Lipinski definition) is 11. The van der Waals surface area contributed by atoms with Gasteiger partial charge in [-0.05, 0) is 99.2 Å². The van der Waals surface area contributed by atoms with E-state index in [0.29, 0.717) is 39.0 Å². The number of amides is 1. The number of halogens is 2. The molecule has 5 aromatic rings. The Labute approximate surface area is 372 Å². The third kappa shape index (κ3) is 12.8. The van der Waals surface area contributed by atoms with Crippen LogP contribution in [-0.2, 0) is 37.3 Å². The number of carbonyl (C=O) groups is 2. The number of hydrogen-bond donors (Lipinski definition) is 3. The van der Waals surface area contributed by atoms with Crippen LogP contribution in [0, 0.1) is 32.9 Å². The second kappa shape index (κ2) is 21.6. The monoisotopic (exact) mass is 923 g/mol. The Bertz CT molecular complexity index is 2720. The van der Waals surface area contributed by atoms with Crippen LogP contribution in [0.5, 0.6) is 0 Å². The van der Waals surface area contributed by atoms with Gasteiger partial charge in [-0.1, -0.05) is 67.0 Å². The van der Waals surface area contributed by atoms with Crippen molar-refractivity contribution in [2.24, 2.45) is 5.92 Å². The van der Waals surface area contributed by atoms with Crippen LogP contribution in [-0.4, -0.2) is 80.2 Å². The molecule has 1 amide bonds. The van der Waals surface area contributed by atoms with Crippen LogP contribution in [0.15, 0.2) is 87.0 Å². The van der Waals surface area contributed by atoms with Gasteiger partial charge in [0.05, 0.1) is 63.6 Å². The maximum absolute atomic E-state index is 12.6. The van der Waals surface area contributed by atoms with Crippen molar-refractivity contribution in [2.45, 2.75) is 75.9 Å². The Kier molecular flexibility index (Phi) is 17.7. The second-order valence-corrected chi connectivity index (χ2v) is 19.2. The molecule has 0 aliphatic carbocycles. The summed E-state index contributed by atoms with van der Waals surface area (Å²) in [5.74, 6) is -1.70. The van der Waals surface area contributed by atoms with E-state index in [4.69, 9.17) is 40.8 Å². The fraction of sp³-hybridized carbons (Fsp3) is 0.318. The molecule has 3 N–H and O–H groups in total. The molecule has 1 aromatic heterocycles. The van der Waals surface area contributed by atoms with Crippen LogP contribution < -0.4 is 5.32 Å². The lowest BCUT2D eigenvalue weighted by Crippen LogP contribution is -2.40. The normalized spacial score (nSPS) is 13.2. The summed E-state index contributed by atoms with van der Waals surface area (Å²) in [6.07, 6.45) is 1.04. The minimum Gasteiger partial charge on any atom is -0.420 e. The molecule has 0 aliphatic rings. The van der Waals surface area contributed by atoms with E-state index in [2.05, 4.69) is 25.2 Å². The van der Waals surface area contributed by atoms with Crippen molar-refractivity contribution in [1.29, 1.82) is 0 Å². The Morgan fingerprint density at radius 3 is 1.65 bits per heavy atom. The number of nitrogens with zero attached hydrogens (tertiary/aromatic N) is 4. The highest BCUT2D eigenvalue weighted by molar-refractivity contribution is 7.91. The van der Waals surface area contributed by atoms with Crippen LogP contribution in [0.2, 0.25) is 10.0 Å². The van der Waals surface area contributed by atoms with Gasteiger partial charge in [0, 0.05) is 23.6 Å². The van der Waals surface area contributed by atoms with Crippen molar-refractivity contribution in [3.8, 4) is 11.5 Å². The molecule has 4 atom stereocenters. The molecule has 0 saturated carbocycles. The lowest BCUT2D eigenvalue weighted by atomic mass is 9.91. The lowest BCUT2D eigenvalue weighted by molar-refractivity contribution is -0.127. The van der Waals surface area contributed by atoms with Gasteiger partial charge in [0.25, 0.3) is 0 Å². The van der Waals surface area contributed by atoms with Crippen LogP contribution >= 0.6 is 23.2 Å². The predicted molar refractivity (Wildman–Crippen MR) is 238 cm³/mol. The smallest absolute Gasteiger partial charge is 0.247 e. The van der Waals surface area contributed by atoms with Gasteiger partial charge in [-0.15, -0.1) is 10.2 Å². The van der Waals surface area contributed by atoms with Gasteiger partial charge in [-0.2, -0.15) is 0 Å². The van der Waals surface area contributed by atoms with Crippen molar-refractivity contribution in [3.63, 3.8) is 0 Å².